The first-order valence-corrected chi connectivity index (χ1v) is 5.42. The summed E-state index contributed by atoms with van der Waals surface area (Å²) in [6, 6.07) is -0.503. The molecule has 0 heterocycles. The Kier molecular flexibility index (Phi) is 5.00. The van der Waals surface area contributed by atoms with Gasteiger partial charge in [0.25, 0.3) is 0 Å². The minimum atomic E-state index is -0.262. The van der Waals surface area contributed by atoms with Crippen molar-refractivity contribution in [1.29, 1.82) is 0 Å². The first-order valence-electron chi connectivity index (χ1n) is 5.01. The van der Waals surface area contributed by atoms with E-state index in [0.29, 0.717) is 4.99 Å². The third-order valence-electron chi connectivity index (χ3n) is 1.75. The molecule has 0 spiro atoms. The van der Waals surface area contributed by atoms with E-state index in [9.17, 15) is 4.79 Å². The van der Waals surface area contributed by atoms with Crippen LogP contribution in [0, 0.1) is 5.92 Å². The summed E-state index contributed by atoms with van der Waals surface area (Å²) in [5.74, 6) is 0.188. The molecule has 0 aromatic carbocycles. The summed E-state index contributed by atoms with van der Waals surface area (Å²) >= 11 is 4.89. The summed E-state index contributed by atoms with van der Waals surface area (Å²) < 4.78 is 0. The zero-order valence-electron chi connectivity index (χ0n) is 10.0. The highest BCUT2D eigenvalue weighted by Crippen LogP contribution is 2.03. The Morgan fingerprint density at radius 1 is 1.33 bits per heavy atom. The molecule has 0 aliphatic carbocycles. The van der Waals surface area contributed by atoms with Gasteiger partial charge in [0.2, 0.25) is 0 Å². The van der Waals surface area contributed by atoms with Crippen LogP contribution in [0.25, 0.3) is 0 Å². The fourth-order valence-electron chi connectivity index (χ4n) is 1.08. The molecule has 0 radical (unpaired) electrons. The number of hydrogen-bond donors (Lipinski definition) is 3. The van der Waals surface area contributed by atoms with Gasteiger partial charge in [-0.05, 0) is 26.7 Å². The number of hydrogen-bond acceptors (Lipinski definition) is 2. The van der Waals surface area contributed by atoms with E-state index in [1.54, 1.807) is 0 Å². The normalized spacial score (nSPS) is 13.5. The number of thiocarbonyl (C=S) groups is 1. The number of rotatable bonds is 3. The summed E-state index contributed by atoms with van der Waals surface area (Å²) in [6.07, 6.45) is 0. The molecule has 4 nitrogen and oxygen atoms in total. The Balaban J connectivity index is 4.31. The number of urea groups is 1. The lowest BCUT2D eigenvalue weighted by molar-refractivity contribution is 0.228. The molecule has 0 saturated carbocycles. The third-order valence-corrected chi connectivity index (χ3v) is 2.00. The standard InChI is InChI=1S/C10H21N3OS/c1-6(2)7(8(11)15)12-9(14)13-10(3,4)5/h6-7H,1-5H3,(H2,11,15)(H2,12,13,14). The van der Waals surface area contributed by atoms with Crippen molar-refractivity contribution in [3.63, 3.8) is 0 Å². The first kappa shape index (κ1) is 14.2. The second kappa shape index (κ2) is 5.30. The van der Waals surface area contributed by atoms with Crippen LogP contribution >= 0.6 is 12.2 Å². The fraction of sp³-hybridized carbons (Fsp3) is 0.800. The van der Waals surface area contributed by atoms with Gasteiger partial charge in [0.05, 0.1) is 11.0 Å². The number of amides is 2. The molecule has 5 heteroatoms. The summed E-state index contributed by atoms with van der Waals surface area (Å²) in [4.78, 5) is 11.9. The summed E-state index contributed by atoms with van der Waals surface area (Å²) in [5, 5.41) is 5.55. The Hall–Kier alpha value is -0.840. The summed E-state index contributed by atoms with van der Waals surface area (Å²) in [6.45, 7) is 9.66. The van der Waals surface area contributed by atoms with Gasteiger partial charge in [0, 0.05) is 5.54 Å². The molecule has 0 saturated heterocycles. The minimum absolute atomic E-state index is 0.188. The van der Waals surface area contributed by atoms with Gasteiger partial charge in [0.15, 0.2) is 0 Å². The van der Waals surface area contributed by atoms with E-state index in [-0.39, 0.29) is 23.5 Å². The number of nitrogens with two attached hydrogens (primary N) is 1. The number of nitrogens with one attached hydrogen (secondary N) is 2. The summed E-state index contributed by atoms with van der Waals surface area (Å²) in [7, 11) is 0. The maximum absolute atomic E-state index is 11.5. The highest BCUT2D eigenvalue weighted by atomic mass is 32.1. The molecule has 0 aliphatic heterocycles. The van der Waals surface area contributed by atoms with E-state index in [4.69, 9.17) is 18.0 Å². The Labute approximate surface area is 97.0 Å². The smallest absolute Gasteiger partial charge is 0.315 e. The molecule has 88 valence electrons. The average Bonchev–Trinajstić information content (AvgIpc) is 1.95. The van der Waals surface area contributed by atoms with Gasteiger partial charge in [-0.2, -0.15) is 0 Å². The lowest BCUT2D eigenvalue weighted by Gasteiger charge is -2.25. The van der Waals surface area contributed by atoms with Crippen molar-refractivity contribution in [3.8, 4) is 0 Å². The van der Waals surface area contributed by atoms with Crippen molar-refractivity contribution in [2.75, 3.05) is 0 Å². The molecule has 0 fully saturated rings. The van der Waals surface area contributed by atoms with Crippen LogP contribution in [0.15, 0.2) is 0 Å². The second-order valence-electron chi connectivity index (χ2n) is 4.97. The van der Waals surface area contributed by atoms with Crippen molar-refractivity contribution in [1.82, 2.24) is 10.6 Å². The molecule has 1 atom stereocenters. The first-order chi connectivity index (χ1) is 6.63. The van der Waals surface area contributed by atoms with Gasteiger partial charge in [-0.25, -0.2) is 4.79 Å². The second-order valence-corrected chi connectivity index (χ2v) is 5.44. The minimum Gasteiger partial charge on any atom is -0.392 e. The van der Waals surface area contributed by atoms with E-state index >= 15 is 0 Å². The predicted molar refractivity (Wildman–Crippen MR) is 66.8 cm³/mol. The van der Waals surface area contributed by atoms with Crippen molar-refractivity contribution in [2.45, 2.75) is 46.2 Å². The van der Waals surface area contributed by atoms with Crippen molar-refractivity contribution < 1.29 is 4.79 Å². The predicted octanol–water partition coefficient (Wildman–Crippen LogP) is 1.39. The van der Waals surface area contributed by atoms with E-state index < -0.39 is 0 Å². The lowest BCUT2D eigenvalue weighted by Crippen LogP contribution is -2.54. The van der Waals surface area contributed by atoms with Crippen LogP contribution in [0.2, 0.25) is 0 Å². The Bertz CT molecular complexity index is 246. The van der Waals surface area contributed by atoms with Gasteiger partial charge in [-0.15, -0.1) is 0 Å². The van der Waals surface area contributed by atoms with Crippen LogP contribution in [0.1, 0.15) is 34.6 Å². The SMILES string of the molecule is CC(C)C(NC(=O)NC(C)(C)C)C(N)=S. The van der Waals surface area contributed by atoms with Crippen LogP contribution in [0.5, 0.6) is 0 Å². The highest BCUT2D eigenvalue weighted by molar-refractivity contribution is 7.80. The van der Waals surface area contributed by atoms with Crippen molar-refractivity contribution >= 4 is 23.2 Å². The molecule has 0 rings (SSSR count). The maximum Gasteiger partial charge on any atom is 0.315 e. The molecular weight excluding hydrogens is 210 g/mol. The van der Waals surface area contributed by atoms with E-state index in [1.807, 2.05) is 34.6 Å². The Morgan fingerprint density at radius 3 is 2.07 bits per heavy atom. The van der Waals surface area contributed by atoms with Gasteiger partial charge in [-0.3, -0.25) is 0 Å². The third kappa shape index (κ3) is 6.28. The monoisotopic (exact) mass is 231 g/mol. The molecule has 0 aromatic heterocycles. The number of carbonyl (C=O) groups is 1. The average molecular weight is 231 g/mol. The van der Waals surface area contributed by atoms with Crippen LogP contribution < -0.4 is 16.4 Å². The fourth-order valence-corrected chi connectivity index (χ4v) is 1.42. The quantitative estimate of drug-likeness (QED) is 0.643. The topological polar surface area (TPSA) is 67.2 Å². The van der Waals surface area contributed by atoms with Gasteiger partial charge in [-0.1, -0.05) is 26.1 Å². The van der Waals surface area contributed by atoms with Gasteiger partial charge < -0.3 is 16.4 Å². The molecule has 0 bridgehead atoms. The van der Waals surface area contributed by atoms with Gasteiger partial charge in [0.1, 0.15) is 0 Å². The van der Waals surface area contributed by atoms with E-state index in [2.05, 4.69) is 10.6 Å². The van der Waals surface area contributed by atoms with Crippen molar-refractivity contribution in [3.05, 3.63) is 0 Å². The molecule has 2 amide bonds. The molecule has 15 heavy (non-hydrogen) atoms. The van der Waals surface area contributed by atoms with Crippen molar-refractivity contribution in [2.24, 2.45) is 11.7 Å². The van der Waals surface area contributed by atoms with Crippen LogP contribution in [0.4, 0.5) is 4.79 Å². The Morgan fingerprint density at radius 2 is 1.80 bits per heavy atom. The number of carbonyl (C=O) groups excluding carboxylic acids is 1. The summed E-state index contributed by atoms with van der Waals surface area (Å²) in [5.41, 5.74) is 5.28. The van der Waals surface area contributed by atoms with E-state index in [1.165, 1.54) is 0 Å². The van der Waals surface area contributed by atoms with Crippen LogP contribution in [0.3, 0.4) is 0 Å². The largest absolute Gasteiger partial charge is 0.392 e. The molecule has 0 aliphatic rings. The molecular formula is C10H21N3OS. The van der Waals surface area contributed by atoms with Crippen LogP contribution in [-0.2, 0) is 0 Å². The highest BCUT2D eigenvalue weighted by Gasteiger charge is 2.21. The molecule has 4 N–H and O–H groups in total. The zero-order valence-corrected chi connectivity index (χ0v) is 10.9. The molecule has 1 unspecified atom stereocenters. The molecule has 0 aromatic rings. The van der Waals surface area contributed by atoms with Crippen LogP contribution in [-0.4, -0.2) is 22.6 Å². The lowest BCUT2D eigenvalue weighted by atomic mass is 10.0. The van der Waals surface area contributed by atoms with E-state index in [0.717, 1.165) is 0 Å². The zero-order chi connectivity index (χ0) is 12.2. The maximum atomic E-state index is 11.5. The van der Waals surface area contributed by atoms with Gasteiger partial charge >= 0.3 is 6.03 Å².